The molecule has 1 fully saturated rings. The molecule has 150 valence electrons. The molecule has 29 heavy (non-hydrogen) atoms. The van der Waals surface area contributed by atoms with Crippen molar-refractivity contribution in [3.8, 4) is 0 Å². The smallest absolute Gasteiger partial charge is 0.259 e. The number of H-pyrrole nitrogens is 1. The minimum Gasteiger partial charge on any atom is -0.385 e. The van der Waals surface area contributed by atoms with Crippen molar-refractivity contribution in [1.29, 1.82) is 0 Å². The van der Waals surface area contributed by atoms with Gasteiger partial charge in [0.15, 0.2) is 12.2 Å². The first kappa shape index (κ1) is 18.9. The summed E-state index contributed by atoms with van der Waals surface area (Å²) in [6, 6.07) is 10.8. The van der Waals surface area contributed by atoms with Gasteiger partial charge in [0.2, 0.25) is 0 Å². The third-order valence-corrected chi connectivity index (χ3v) is 4.81. The summed E-state index contributed by atoms with van der Waals surface area (Å²) in [5.74, 6) is -1.55. The number of anilines is 3. The number of hydrogen-bond acceptors (Lipinski definition) is 5. The Labute approximate surface area is 165 Å². The largest absolute Gasteiger partial charge is 0.385 e. The summed E-state index contributed by atoms with van der Waals surface area (Å²) in [4.78, 5) is 29.3. The standard InChI is InChI=1S/C20H19FN4O4/c21-14-3-1-2-4-15(14)25-7-8-29-17(20(25)28)16(26)19(27)24-12-5-6-13-11(9-12)10-23-18(13)22/h1-6,9-10,16-17,23,26H,7-8,22H2,(H,24,27)/t16-,17-/m1/s1. The Morgan fingerprint density at radius 3 is 2.93 bits per heavy atom. The van der Waals surface area contributed by atoms with E-state index in [-0.39, 0.29) is 18.8 Å². The summed E-state index contributed by atoms with van der Waals surface area (Å²) in [7, 11) is 0. The molecule has 1 aliphatic heterocycles. The number of aliphatic hydroxyl groups excluding tert-OH is 1. The van der Waals surface area contributed by atoms with Crippen LogP contribution in [0.15, 0.2) is 48.7 Å². The first-order valence-corrected chi connectivity index (χ1v) is 8.99. The van der Waals surface area contributed by atoms with Crippen molar-refractivity contribution < 1.29 is 23.8 Å². The van der Waals surface area contributed by atoms with Crippen LogP contribution in [0.25, 0.3) is 10.8 Å². The number of morpholine rings is 1. The lowest BCUT2D eigenvalue weighted by Crippen LogP contribution is -2.55. The number of nitrogens with two attached hydrogens (primary N) is 1. The zero-order valence-electron chi connectivity index (χ0n) is 15.3. The normalized spacial score (nSPS) is 18.1. The van der Waals surface area contributed by atoms with E-state index in [4.69, 9.17) is 10.5 Å². The summed E-state index contributed by atoms with van der Waals surface area (Å²) in [5.41, 5.74) is 6.30. The van der Waals surface area contributed by atoms with Gasteiger partial charge in [0.25, 0.3) is 11.8 Å². The van der Waals surface area contributed by atoms with Crippen LogP contribution < -0.4 is 16.0 Å². The second kappa shape index (κ2) is 7.53. The molecule has 0 bridgehead atoms. The van der Waals surface area contributed by atoms with Gasteiger partial charge in [-0.25, -0.2) is 4.39 Å². The second-order valence-electron chi connectivity index (χ2n) is 6.67. The Hall–Kier alpha value is -3.43. The molecule has 1 saturated heterocycles. The number of nitrogen functional groups attached to an aromatic ring is 1. The monoisotopic (exact) mass is 398 g/mol. The highest BCUT2D eigenvalue weighted by Gasteiger charge is 2.40. The average molecular weight is 398 g/mol. The first-order chi connectivity index (χ1) is 14.0. The van der Waals surface area contributed by atoms with Crippen LogP contribution in [0.1, 0.15) is 0 Å². The number of aliphatic hydroxyl groups is 1. The summed E-state index contributed by atoms with van der Waals surface area (Å²) in [5, 5.41) is 14.6. The van der Waals surface area contributed by atoms with Gasteiger partial charge in [-0.05, 0) is 30.3 Å². The molecule has 9 heteroatoms. The van der Waals surface area contributed by atoms with Gasteiger partial charge < -0.3 is 30.8 Å². The maximum atomic E-state index is 14.1. The first-order valence-electron chi connectivity index (χ1n) is 8.99. The van der Waals surface area contributed by atoms with Crippen molar-refractivity contribution in [2.24, 2.45) is 0 Å². The number of hydrogen-bond donors (Lipinski definition) is 4. The fourth-order valence-corrected chi connectivity index (χ4v) is 3.33. The van der Waals surface area contributed by atoms with Crippen LogP contribution in [0.4, 0.5) is 21.6 Å². The number of aromatic nitrogens is 1. The lowest BCUT2D eigenvalue weighted by molar-refractivity contribution is -0.150. The van der Waals surface area contributed by atoms with Crippen molar-refractivity contribution in [2.75, 3.05) is 29.1 Å². The van der Waals surface area contributed by atoms with Crippen LogP contribution in [-0.2, 0) is 14.3 Å². The predicted octanol–water partition coefficient (Wildman–Crippen LogP) is 1.62. The number of aromatic amines is 1. The molecule has 2 atom stereocenters. The molecule has 1 aromatic heterocycles. The van der Waals surface area contributed by atoms with Gasteiger partial charge in [0.05, 0.1) is 12.3 Å². The molecule has 0 spiro atoms. The van der Waals surface area contributed by atoms with Crippen molar-refractivity contribution in [3.63, 3.8) is 0 Å². The van der Waals surface area contributed by atoms with E-state index in [2.05, 4.69) is 10.3 Å². The number of carbonyl (C=O) groups is 2. The topological polar surface area (TPSA) is 121 Å². The Morgan fingerprint density at radius 1 is 1.34 bits per heavy atom. The number of rotatable bonds is 4. The Morgan fingerprint density at radius 2 is 2.14 bits per heavy atom. The lowest BCUT2D eigenvalue weighted by Gasteiger charge is -2.34. The van der Waals surface area contributed by atoms with Crippen LogP contribution >= 0.6 is 0 Å². The van der Waals surface area contributed by atoms with Gasteiger partial charge in [0.1, 0.15) is 11.6 Å². The molecule has 1 aliphatic rings. The second-order valence-corrected chi connectivity index (χ2v) is 6.67. The number of para-hydroxylation sites is 1. The molecule has 5 N–H and O–H groups in total. The summed E-state index contributed by atoms with van der Waals surface area (Å²) in [6.07, 6.45) is -1.50. The van der Waals surface area contributed by atoms with Gasteiger partial charge in [0, 0.05) is 29.2 Å². The van der Waals surface area contributed by atoms with E-state index in [9.17, 15) is 19.1 Å². The summed E-state index contributed by atoms with van der Waals surface area (Å²) in [6.45, 7) is 0.180. The highest BCUT2D eigenvalue weighted by atomic mass is 19.1. The molecule has 0 unspecified atom stereocenters. The number of amides is 2. The fraction of sp³-hybridized carbons (Fsp3) is 0.200. The van der Waals surface area contributed by atoms with Crippen LogP contribution in [0, 0.1) is 5.82 Å². The highest BCUT2D eigenvalue weighted by molar-refractivity contribution is 6.04. The molecular formula is C20H19FN4O4. The highest BCUT2D eigenvalue weighted by Crippen LogP contribution is 2.25. The molecule has 2 heterocycles. The number of benzene rings is 2. The SMILES string of the molecule is Nc1[nH]cc2cc(NC(=O)[C@H](O)[C@H]3OCCN(c4ccccc4F)C3=O)ccc12. The Bertz CT molecular complexity index is 1080. The van der Waals surface area contributed by atoms with Gasteiger partial charge in [-0.3, -0.25) is 9.59 Å². The van der Waals surface area contributed by atoms with Crippen molar-refractivity contribution in [2.45, 2.75) is 12.2 Å². The van der Waals surface area contributed by atoms with Gasteiger partial charge in [-0.1, -0.05) is 12.1 Å². The zero-order chi connectivity index (χ0) is 20.5. The Balaban J connectivity index is 1.50. The number of ether oxygens (including phenoxy) is 1. The van der Waals surface area contributed by atoms with Crippen molar-refractivity contribution in [3.05, 3.63) is 54.5 Å². The molecule has 2 aromatic carbocycles. The summed E-state index contributed by atoms with van der Waals surface area (Å²) < 4.78 is 19.4. The van der Waals surface area contributed by atoms with E-state index in [0.717, 1.165) is 10.8 Å². The van der Waals surface area contributed by atoms with E-state index in [1.165, 1.54) is 23.1 Å². The van der Waals surface area contributed by atoms with E-state index in [1.807, 2.05) is 0 Å². The van der Waals surface area contributed by atoms with E-state index in [1.54, 1.807) is 30.5 Å². The van der Waals surface area contributed by atoms with Gasteiger partial charge >= 0.3 is 0 Å². The minimum atomic E-state index is -1.76. The lowest BCUT2D eigenvalue weighted by atomic mass is 10.1. The number of nitrogens with zero attached hydrogens (tertiary/aromatic N) is 1. The fourth-order valence-electron chi connectivity index (χ4n) is 3.33. The summed E-state index contributed by atoms with van der Waals surface area (Å²) >= 11 is 0. The van der Waals surface area contributed by atoms with E-state index >= 15 is 0 Å². The maximum Gasteiger partial charge on any atom is 0.259 e. The van der Waals surface area contributed by atoms with E-state index < -0.39 is 29.8 Å². The van der Waals surface area contributed by atoms with Crippen LogP contribution in [0.3, 0.4) is 0 Å². The van der Waals surface area contributed by atoms with Crippen LogP contribution in [0.5, 0.6) is 0 Å². The third kappa shape index (κ3) is 3.53. The average Bonchev–Trinajstić information content (AvgIpc) is 3.08. The number of halogens is 1. The molecule has 2 amide bonds. The minimum absolute atomic E-state index is 0.0592. The molecule has 0 radical (unpaired) electrons. The van der Waals surface area contributed by atoms with E-state index in [0.29, 0.717) is 11.5 Å². The third-order valence-electron chi connectivity index (χ3n) is 4.81. The molecule has 3 aromatic rings. The molecular weight excluding hydrogens is 379 g/mol. The van der Waals surface area contributed by atoms with Crippen molar-refractivity contribution >= 4 is 39.8 Å². The number of nitrogens with one attached hydrogen (secondary N) is 2. The molecule has 0 aliphatic carbocycles. The Kier molecular flexibility index (Phi) is 4.91. The molecule has 0 saturated carbocycles. The molecule has 8 nitrogen and oxygen atoms in total. The predicted molar refractivity (Wildman–Crippen MR) is 106 cm³/mol. The van der Waals surface area contributed by atoms with Crippen molar-refractivity contribution in [1.82, 2.24) is 4.98 Å². The maximum absolute atomic E-state index is 14.1. The van der Waals surface area contributed by atoms with Gasteiger partial charge in [-0.2, -0.15) is 0 Å². The quantitative estimate of drug-likeness (QED) is 0.532. The molecule has 4 rings (SSSR count). The zero-order valence-corrected chi connectivity index (χ0v) is 15.3. The number of carbonyl (C=O) groups excluding carboxylic acids is 2. The van der Waals surface area contributed by atoms with Crippen LogP contribution in [0.2, 0.25) is 0 Å². The number of fused-ring (bicyclic) bond motifs is 1. The van der Waals surface area contributed by atoms with Crippen LogP contribution in [-0.4, -0.2) is 47.3 Å². The van der Waals surface area contributed by atoms with Gasteiger partial charge in [-0.15, -0.1) is 0 Å².